The van der Waals surface area contributed by atoms with Crippen LogP contribution in [-0.4, -0.2) is 116 Å². The van der Waals surface area contributed by atoms with Gasteiger partial charge in [0.1, 0.15) is 30.2 Å². The number of nitrogens with one attached hydrogen (secondary N) is 5. The summed E-state index contributed by atoms with van der Waals surface area (Å²) in [4.78, 5) is 94.3. The lowest BCUT2D eigenvalue weighted by Gasteiger charge is -2.35. The average molecular weight is 822 g/mol. The lowest BCUT2D eigenvalue weighted by Crippen LogP contribution is -2.63. The van der Waals surface area contributed by atoms with Crippen molar-refractivity contribution in [3.05, 3.63) is 35.9 Å². The zero-order valence-electron chi connectivity index (χ0n) is 34.3. The molecule has 1 aliphatic heterocycles. The maximum atomic E-state index is 14.3. The maximum Gasteiger partial charge on any atom is 0.254 e. The summed E-state index contributed by atoms with van der Waals surface area (Å²) < 4.78 is -0.850. The van der Waals surface area contributed by atoms with E-state index in [1.807, 2.05) is 20.1 Å². The van der Waals surface area contributed by atoms with E-state index in [0.29, 0.717) is 24.2 Å². The Kier molecular flexibility index (Phi) is 19.2. The van der Waals surface area contributed by atoms with Gasteiger partial charge in [-0.25, -0.2) is 0 Å². The highest BCUT2D eigenvalue weighted by atomic mass is 32.2. The first-order chi connectivity index (χ1) is 26.1. The smallest absolute Gasteiger partial charge is 0.254 e. The summed E-state index contributed by atoms with van der Waals surface area (Å²) in [5.41, 5.74) is 6.25. The summed E-state index contributed by atoms with van der Waals surface area (Å²) in [6, 6.07) is 2.67. The topological polar surface area (TPSA) is 229 Å². The minimum atomic E-state index is -1.82. The fourth-order valence-electron chi connectivity index (χ4n) is 6.42. The van der Waals surface area contributed by atoms with Crippen LogP contribution in [0.5, 0.6) is 0 Å². The largest absolute Gasteiger partial charge is 0.381 e. The molecule has 0 spiro atoms. The van der Waals surface area contributed by atoms with E-state index in [1.54, 1.807) is 71.9 Å². The van der Waals surface area contributed by atoms with E-state index in [-0.39, 0.29) is 18.2 Å². The molecule has 0 aromatic heterocycles. The van der Waals surface area contributed by atoms with Crippen LogP contribution in [0.15, 0.2) is 30.3 Å². The predicted molar refractivity (Wildman–Crippen MR) is 220 cm³/mol. The zero-order chi connectivity index (χ0) is 42.5. The van der Waals surface area contributed by atoms with Crippen LogP contribution < -0.4 is 32.3 Å². The zero-order valence-corrected chi connectivity index (χ0v) is 36.0. The van der Waals surface area contributed by atoms with Crippen molar-refractivity contribution in [3.8, 4) is 0 Å². The van der Waals surface area contributed by atoms with E-state index < -0.39 is 100 Å². The van der Waals surface area contributed by atoms with E-state index >= 15 is 0 Å². The number of primary amides is 1. The van der Waals surface area contributed by atoms with E-state index in [4.69, 9.17) is 5.73 Å². The number of benzene rings is 1. The number of nitrogens with two attached hydrogens (primary N) is 1. The number of hydrogen-bond acceptors (Lipinski definition) is 10. The number of aliphatic hydroxyl groups is 1. The molecule has 2 rings (SSSR count). The van der Waals surface area contributed by atoms with Gasteiger partial charge in [-0.05, 0) is 68.4 Å². The summed E-state index contributed by atoms with van der Waals surface area (Å²) >= 11 is 2.81. The molecule has 0 radical (unpaired) electrons. The van der Waals surface area contributed by atoms with Gasteiger partial charge in [-0.3, -0.25) is 33.6 Å². The van der Waals surface area contributed by atoms with Crippen LogP contribution in [0.1, 0.15) is 80.7 Å². The summed E-state index contributed by atoms with van der Waals surface area (Å²) in [5, 5.41) is 25.4. The number of amides is 7. The van der Waals surface area contributed by atoms with Crippen molar-refractivity contribution in [3.63, 3.8) is 0 Å². The predicted octanol–water partition coefficient (Wildman–Crippen LogP) is 1.31. The second-order valence-electron chi connectivity index (χ2n) is 15.9. The number of aliphatic hydroxyl groups excluding tert-OH is 1. The monoisotopic (exact) mass is 821 g/mol. The Balaban J connectivity index is 2.40. The number of hydrogen-bond donors (Lipinski definition) is 7. The Morgan fingerprint density at radius 3 is 1.95 bits per heavy atom. The second kappa shape index (κ2) is 22.2. The molecule has 314 valence electrons. The van der Waals surface area contributed by atoms with Crippen LogP contribution >= 0.6 is 23.5 Å². The SMILES string of the molecule is CSCC[C@H](NC(=O)[C@@H](NC(=O)[C@H]1N(C(=O)[C@@H](O)[C@H](Cc2ccccc2)NC(=O)[C@@H](NC(=O)[C@H](CC(C)C)NC(C)=O)C(C)C)CSC1(C)C)C(C)C)C(N)=O. The van der Waals surface area contributed by atoms with Gasteiger partial charge in [-0.2, -0.15) is 11.8 Å². The van der Waals surface area contributed by atoms with Crippen molar-refractivity contribution in [2.45, 2.75) is 129 Å². The molecule has 56 heavy (non-hydrogen) atoms. The third-order valence-electron chi connectivity index (χ3n) is 9.50. The lowest BCUT2D eigenvalue weighted by molar-refractivity contribution is -0.148. The number of rotatable bonds is 21. The molecule has 7 atom stereocenters. The van der Waals surface area contributed by atoms with Crippen LogP contribution in [0.25, 0.3) is 0 Å². The van der Waals surface area contributed by atoms with E-state index in [1.165, 1.54) is 35.3 Å². The molecule has 1 aromatic rings. The van der Waals surface area contributed by atoms with Crippen molar-refractivity contribution in [1.82, 2.24) is 31.5 Å². The number of nitrogens with zero attached hydrogens (tertiary/aromatic N) is 1. The van der Waals surface area contributed by atoms with Gasteiger partial charge in [0.15, 0.2) is 6.10 Å². The summed E-state index contributed by atoms with van der Waals surface area (Å²) in [6.07, 6.45) is 0.735. The van der Waals surface area contributed by atoms with E-state index in [2.05, 4.69) is 26.6 Å². The van der Waals surface area contributed by atoms with Gasteiger partial charge in [-0.15, -0.1) is 11.8 Å². The Hall–Kier alpha value is -3.83. The fraction of sp³-hybridized carbons (Fsp3) is 0.667. The highest BCUT2D eigenvalue weighted by Gasteiger charge is 2.50. The fourth-order valence-corrected chi connectivity index (χ4v) is 8.04. The van der Waals surface area contributed by atoms with Crippen molar-refractivity contribution < 1.29 is 38.7 Å². The first-order valence-electron chi connectivity index (χ1n) is 19.0. The molecule has 0 bridgehead atoms. The number of carbonyl (C=O) groups is 7. The quantitative estimate of drug-likeness (QED) is 0.0941. The van der Waals surface area contributed by atoms with Crippen molar-refractivity contribution in [2.75, 3.05) is 17.9 Å². The van der Waals surface area contributed by atoms with Crippen molar-refractivity contribution >= 4 is 64.9 Å². The Bertz CT molecular complexity index is 1530. The van der Waals surface area contributed by atoms with Gasteiger partial charge in [0.2, 0.25) is 35.4 Å². The first-order valence-corrected chi connectivity index (χ1v) is 21.4. The molecular formula is C39H63N7O8S2. The Morgan fingerprint density at radius 1 is 0.857 bits per heavy atom. The molecule has 1 heterocycles. The van der Waals surface area contributed by atoms with Crippen molar-refractivity contribution in [1.29, 1.82) is 0 Å². The molecule has 0 saturated carbocycles. The Labute approximate surface area is 339 Å². The third kappa shape index (κ3) is 14.3. The summed E-state index contributed by atoms with van der Waals surface area (Å²) in [5.74, 6) is -4.44. The summed E-state index contributed by atoms with van der Waals surface area (Å²) in [7, 11) is 0. The van der Waals surface area contributed by atoms with Gasteiger partial charge >= 0.3 is 0 Å². The molecule has 8 N–H and O–H groups in total. The van der Waals surface area contributed by atoms with Crippen molar-refractivity contribution in [2.24, 2.45) is 23.5 Å². The molecule has 0 unspecified atom stereocenters. The van der Waals surface area contributed by atoms with Crippen LogP contribution in [0, 0.1) is 17.8 Å². The maximum absolute atomic E-state index is 14.3. The van der Waals surface area contributed by atoms with Crippen LogP contribution in [-0.2, 0) is 40.0 Å². The standard InChI is InChI=1S/C39H63N7O8S2/c1-21(2)18-28(41-24(7)47)34(50)44-29(22(3)4)36(52)43-27(19-25-14-12-11-13-15-25)31(48)38(54)46-20-56-39(8,9)32(46)37(53)45-30(23(5)6)35(51)42-26(33(40)49)16-17-55-10/h11-15,21-23,26-32,48H,16-20H2,1-10H3,(H2,40,49)(H,41,47)(H,42,51)(H,43,52)(H,44,50)(H,45,53)/t26-,27-,28-,29-,30-,31-,32+/m0/s1. The number of carbonyl (C=O) groups excluding carboxylic acids is 7. The normalized spacial score (nSPS) is 18.3. The summed E-state index contributed by atoms with van der Waals surface area (Å²) in [6.45, 7) is 15.6. The molecule has 1 aromatic carbocycles. The van der Waals surface area contributed by atoms with Gasteiger partial charge < -0.3 is 42.3 Å². The highest BCUT2D eigenvalue weighted by molar-refractivity contribution is 8.00. The molecular weight excluding hydrogens is 759 g/mol. The molecule has 7 amide bonds. The molecule has 15 nitrogen and oxygen atoms in total. The van der Waals surface area contributed by atoms with Gasteiger partial charge in [0, 0.05) is 11.7 Å². The lowest BCUT2D eigenvalue weighted by atomic mass is 9.95. The van der Waals surface area contributed by atoms with Gasteiger partial charge in [-0.1, -0.05) is 71.9 Å². The van der Waals surface area contributed by atoms with Crippen LogP contribution in [0.4, 0.5) is 0 Å². The molecule has 1 saturated heterocycles. The minimum absolute atomic E-state index is 0.0362. The van der Waals surface area contributed by atoms with Crippen LogP contribution in [0.3, 0.4) is 0 Å². The minimum Gasteiger partial charge on any atom is -0.381 e. The molecule has 1 fully saturated rings. The Morgan fingerprint density at radius 2 is 1.43 bits per heavy atom. The highest BCUT2D eigenvalue weighted by Crippen LogP contribution is 2.40. The second-order valence-corrected chi connectivity index (χ2v) is 18.5. The molecule has 0 aliphatic carbocycles. The van der Waals surface area contributed by atoms with Gasteiger partial charge in [0.25, 0.3) is 5.91 Å². The average Bonchev–Trinajstić information content (AvgIpc) is 3.43. The van der Waals surface area contributed by atoms with E-state index in [0.717, 1.165) is 0 Å². The number of thioether (sulfide) groups is 2. The first kappa shape index (κ1) is 48.3. The molecule has 1 aliphatic rings. The van der Waals surface area contributed by atoms with Gasteiger partial charge in [0.05, 0.1) is 11.9 Å². The molecule has 17 heteroatoms. The van der Waals surface area contributed by atoms with E-state index in [9.17, 15) is 38.7 Å². The van der Waals surface area contributed by atoms with Crippen LogP contribution in [0.2, 0.25) is 0 Å². The third-order valence-corrected chi connectivity index (χ3v) is 11.5.